The zero-order valence-corrected chi connectivity index (χ0v) is 22.0. The number of para-hydroxylation sites is 1. The number of rotatable bonds is 13. The largest absolute Gasteiger partial charge is 0.465 e. The molecular formula is C23H34N3O8PS. The number of hydrogen-bond donors (Lipinski definition) is 4. The van der Waals surface area contributed by atoms with Crippen molar-refractivity contribution in [3.05, 3.63) is 42.6 Å². The van der Waals surface area contributed by atoms with Crippen molar-refractivity contribution in [1.29, 1.82) is 0 Å². The molecule has 4 N–H and O–H groups in total. The molecule has 36 heavy (non-hydrogen) atoms. The van der Waals surface area contributed by atoms with Crippen LogP contribution >= 0.6 is 6.64 Å². The summed E-state index contributed by atoms with van der Waals surface area (Å²) in [5, 5.41) is 26.3. The maximum Gasteiger partial charge on any atom is 0.323 e. The van der Waals surface area contributed by atoms with Crippen molar-refractivity contribution < 1.29 is 38.3 Å². The minimum absolute atomic E-state index is 0.160. The van der Waals surface area contributed by atoms with E-state index in [1.807, 2.05) is 13.0 Å². The number of nitrogens with one attached hydrogen (secondary N) is 2. The lowest BCUT2D eigenvalue weighted by atomic mass is 9.99. The number of benzene rings is 1. The van der Waals surface area contributed by atoms with E-state index in [0.29, 0.717) is 18.9 Å². The van der Waals surface area contributed by atoms with Crippen molar-refractivity contribution in [2.75, 3.05) is 26.4 Å². The number of urea groups is 1. The number of aliphatic hydroxyl groups excluding tert-OH is 2. The summed E-state index contributed by atoms with van der Waals surface area (Å²) in [4.78, 5) is 25.9. The third kappa shape index (κ3) is 7.48. The van der Waals surface area contributed by atoms with Gasteiger partial charge in [-0.25, -0.2) is 9.88 Å². The maximum absolute atomic E-state index is 12.4. The van der Waals surface area contributed by atoms with Gasteiger partial charge in [-0.3, -0.25) is 9.69 Å². The van der Waals surface area contributed by atoms with Crippen LogP contribution in [-0.4, -0.2) is 78.0 Å². The fourth-order valence-electron chi connectivity index (χ4n) is 3.70. The molecule has 0 aromatic heterocycles. The molecule has 1 aromatic carbocycles. The summed E-state index contributed by atoms with van der Waals surface area (Å²) in [6.07, 6.45) is 1.91. The lowest BCUT2D eigenvalue weighted by Gasteiger charge is -2.30. The van der Waals surface area contributed by atoms with E-state index in [1.165, 1.54) is 11.1 Å². The lowest BCUT2D eigenvalue weighted by molar-refractivity contribution is -0.145. The molecule has 3 rings (SSSR count). The predicted octanol–water partition coefficient (Wildman–Crippen LogP) is 1.86. The van der Waals surface area contributed by atoms with Crippen LogP contribution in [0, 0.1) is 5.92 Å². The first-order chi connectivity index (χ1) is 17.3. The zero-order valence-electron chi connectivity index (χ0n) is 20.3. The van der Waals surface area contributed by atoms with Crippen molar-refractivity contribution in [3.8, 4) is 5.75 Å². The van der Waals surface area contributed by atoms with Gasteiger partial charge in [0.15, 0.2) is 6.23 Å². The molecule has 0 aliphatic carbocycles. The third-order valence-electron chi connectivity index (χ3n) is 5.70. The number of amides is 2. The van der Waals surface area contributed by atoms with Crippen LogP contribution in [0.3, 0.4) is 0 Å². The molecule has 11 nitrogen and oxygen atoms in total. The molecule has 1 fully saturated rings. The van der Waals surface area contributed by atoms with Crippen LogP contribution in [0.15, 0.2) is 42.6 Å². The first-order valence-electron chi connectivity index (χ1n) is 11.9. The van der Waals surface area contributed by atoms with Gasteiger partial charge in [0.1, 0.15) is 17.9 Å². The molecule has 0 bridgehead atoms. The number of esters is 1. The van der Waals surface area contributed by atoms with Gasteiger partial charge in [0.05, 0.1) is 25.9 Å². The van der Waals surface area contributed by atoms with Crippen molar-refractivity contribution in [2.45, 2.75) is 51.2 Å². The molecule has 2 amide bonds. The number of carbonyl (C=O) groups excluding carboxylic acids is 2. The molecule has 0 spiro atoms. The minimum atomic E-state index is -3.33. The minimum Gasteiger partial charge on any atom is -0.465 e. The number of carbonyl (C=O) groups is 2. The number of aliphatic hydroxyl groups is 2. The van der Waals surface area contributed by atoms with Gasteiger partial charge in [0.2, 0.25) is 0 Å². The molecule has 2 heterocycles. The molecule has 1 saturated heterocycles. The van der Waals surface area contributed by atoms with Crippen LogP contribution in [0.5, 0.6) is 5.75 Å². The number of nitrogens with zero attached hydrogens (tertiary/aromatic N) is 1. The van der Waals surface area contributed by atoms with Gasteiger partial charge in [0, 0.05) is 18.7 Å². The maximum atomic E-state index is 12.4. The monoisotopic (exact) mass is 543 g/mol. The quantitative estimate of drug-likeness (QED) is 0.166. The molecule has 13 heteroatoms. The highest BCUT2D eigenvalue weighted by atomic mass is 32.5. The van der Waals surface area contributed by atoms with Gasteiger partial charge >= 0.3 is 18.6 Å². The standard InChI is InChI=1S/C23H34N3O8PS/c1-3-4-13-31-22(29)16(2)25-35(36,34-17-9-6-5-7-10-17)32-15-19-18(14-27)20(28)21(33-19)26-12-8-11-24-23(26)30/h5-10,12,16,18-21,27-28H,3-4,11,13-15H2,1-2H3,(H,24,30)(H,25,36)/t16-,18-,19-,20-,21-,35?/m1/s1. The molecule has 0 saturated carbocycles. The van der Waals surface area contributed by atoms with Crippen molar-refractivity contribution in [3.63, 3.8) is 0 Å². The summed E-state index contributed by atoms with van der Waals surface area (Å²) >= 11 is 5.71. The Balaban J connectivity index is 1.71. The Morgan fingerprint density at radius 1 is 1.39 bits per heavy atom. The molecule has 1 aromatic rings. The summed E-state index contributed by atoms with van der Waals surface area (Å²) in [6.45, 7) is 0.387. The second-order valence-electron chi connectivity index (χ2n) is 8.45. The number of hydrogen-bond acceptors (Lipinski definition) is 9. The fraction of sp³-hybridized carbons (Fsp3) is 0.565. The van der Waals surface area contributed by atoms with E-state index in [4.69, 9.17) is 30.3 Å². The molecule has 2 aliphatic heterocycles. The number of unbranched alkanes of at least 4 members (excludes halogenated alkanes) is 1. The van der Waals surface area contributed by atoms with Crippen LogP contribution in [0.2, 0.25) is 0 Å². The Morgan fingerprint density at radius 2 is 2.14 bits per heavy atom. The Hall–Kier alpha value is -2.05. The Bertz CT molecular complexity index is 953. The van der Waals surface area contributed by atoms with Gasteiger partial charge in [0.25, 0.3) is 0 Å². The first kappa shape index (κ1) is 28.5. The van der Waals surface area contributed by atoms with Crippen LogP contribution < -0.4 is 14.9 Å². The summed E-state index contributed by atoms with van der Waals surface area (Å²) in [6, 6.07) is 7.56. The van der Waals surface area contributed by atoms with E-state index in [9.17, 15) is 19.8 Å². The topological polar surface area (TPSA) is 139 Å². The molecular weight excluding hydrogens is 509 g/mol. The zero-order chi connectivity index (χ0) is 26.1. The van der Waals surface area contributed by atoms with Crippen molar-refractivity contribution in [1.82, 2.24) is 15.3 Å². The SMILES string of the molecule is CCCCOC(=O)[C@@H](C)NP(=S)(OC[C@H]1O[C@@H](N2C=CCNC2=O)[C@H](O)[C@@H]1CO)Oc1ccccc1. The highest BCUT2D eigenvalue weighted by Crippen LogP contribution is 2.46. The molecule has 2 aliphatic rings. The predicted molar refractivity (Wildman–Crippen MR) is 135 cm³/mol. The van der Waals surface area contributed by atoms with Crippen LogP contribution in [0.25, 0.3) is 0 Å². The van der Waals surface area contributed by atoms with Gasteiger partial charge in [-0.2, -0.15) is 0 Å². The van der Waals surface area contributed by atoms with E-state index in [-0.39, 0.29) is 6.61 Å². The summed E-state index contributed by atoms with van der Waals surface area (Å²) in [7, 11) is 0. The first-order valence-corrected chi connectivity index (χ1v) is 14.5. The van der Waals surface area contributed by atoms with Gasteiger partial charge in [-0.1, -0.05) is 31.5 Å². The Labute approximate surface area is 216 Å². The summed E-state index contributed by atoms with van der Waals surface area (Å²) < 4.78 is 23.2. The third-order valence-corrected chi connectivity index (χ3v) is 8.20. The highest BCUT2D eigenvalue weighted by molar-refractivity contribution is 8.09. The van der Waals surface area contributed by atoms with Crippen LogP contribution in [0.4, 0.5) is 4.79 Å². The van der Waals surface area contributed by atoms with Gasteiger partial charge in [-0.05, 0) is 43.4 Å². The van der Waals surface area contributed by atoms with Gasteiger partial charge < -0.3 is 34.1 Å². The fourth-order valence-corrected chi connectivity index (χ4v) is 6.11. The number of ether oxygens (including phenoxy) is 2. The average molecular weight is 544 g/mol. The molecule has 200 valence electrons. The molecule has 1 unspecified atom stereocenters. The summed E-state index contributed by atoms with van der Waals surface area (Å²) in [5.41, 5.74) is 0. The Kier molecular flexibility index (Phi) is 10.7. The second kappa shape index (κ2) is 13.5. The van der Waals surface area contributed by atoms with E-state index < -0.39 is 55.6 Å². The van der Waals surface area contributed by atoms with Crippen molar-refractivity contribution >= 4 is 30.4 Å². The normalized spacial score (nSPS) is 26.2. The Morgan fingerprint density at radius 3 is 2.81 bits per heavy atom. The smallest absolute Gasteiger partial charge is 0.323 e. The van der Waals surface area contributed by atoms with Crippen LogP contribution in [-0.2, 0) is 30.6 Å². The van der Waals surface area contributed by atoms with E-state index >= 15 is 0 Å². The van der Waals surface area contributed by atoms with E-state index in [0.717, 1.165) is 12.8 Å². The van der Waals surface area contributed by atoms with E-state index in [1.54, 1.807) is 37.3 Å². The molecule has 6 atom stereocenters. The summed E-state index contributed by atoms with van der Waals surface area (Å²) in [5.74, 6) is -0.782. The van der Waals surface area contributed by atoms with E-state index in [2.05, 4.69) is 10.4 Å². The van der Waals surface area contributed by atoms with Gasteiger partial charge in [-0.15, -0.1) is 0 Å². The average Bonchev–Trinajstić information content (AvgIpc) is 3.18. The highest BCUT2D eigenvalue weighted by Gasteiger charge is 2.48. The second-order valence-corrected chi connectivity index (χ2v) is 11.6. The lowest BCUT2D eigenvalue weighted by Crippen LogP contribution is -2.49. The van der Waals surface area contributed by atoms with Crippen LogP contribution in [0.1, 0.15) is 26.7 Å². The van der Waals surface area contributed by atoms with Crippen molar-refractivity contribution in [2.24, 2.45) is 5.92 Å². The molecule has 0 radical (unpaired) electrons.